The van der Waals surface area contributed by atoms with Gasteiger partial charge >= 0.3 is 0 Å². The standard InChI is InChI=1S/C11H20O2/c1-11(2,3)10(13)8-5-4-6-9(12)7-8/h8-9,12H,4-7H2,1-3H3/t8-,9+/m1/s1. The molecule has 2 heteroatoms. The lowest BCUT2D eigenvalue weighted by molar-refractivity contribution is -0.132. The highest BCUT2D eigenvalue weighted by molar-refractivity contribution is 5.86. The van der Waals surface area contributed by atoms with Crippen LogP contribution in [0.2, 0.25) is 0 Å². The summed E-state index contributed by atoms with van der Waals surface area (Å²) in [6.45, 7) is 5.86. The predicted molar refractivity (Wildman–Crippen MR) is 52.4 cm³/mol. The van der Waals surface area contributed by atoms with Crippen molar-refractivity contribution in [1.82, 2.24) is 0 Å². The molecule has 1 fully saturated rings. The highest BCUT2D eigenvalue weighted by atomic mass is 16.3. The molecule has 0 radical (unpaired) electrons. The van der Waals surface area contributed by atoms with Crippen LogP contribution in [0.25, 0.3) is 0 Å². The molecule has 0 aromatic carbocycles. The Morgan fingerprint density at radius 2 is 1.92 bits per heavy atom. The smallest absolute Gasteiger partial charge is 0.141 e. The number of aliphatic hydroxyl groups is 1. The maximum absolute atomic E-state index is 11.9. The van der Waals surface area contributed by atoms with E-state index in [4.69, 9.17) is 0 Å². The molecule has 2 nitrogen and oxygen atoms in total. The molecule has 1 saturated carbocycles. The van der Waals surface area contributed by atoms with E-state index in [9.17, 15) is 9.90 Å². The van der Waals surface area contributed by atoms with E-state index in [2.05, 4.69) is 0 Å². The van der Waals surface area contributed by atoms with E-state index in [1.807, 2.05) is 20.8 Å². The monoisotopic (exact) mass is 184 g/mol. The molecule has 76 valence electrons. The lowest BCUT2D eigenvalue weighted by Crippen LogP contribution is -2.33. The van der Waals surface area contributed by atoms with Crippen LogP contribution in [0.5, 0.6) is 0 Å². The van der Waals surface area contributed by atoms with E-state index >= 15 is 0 Å². The summed E-state index contributed by atoms with van der Waals surface area (Å²) in [7, 11) is 0. The largest absolute Gasteiger partial charge is 0.393 e. The number of carbonyl (C=O) groups is 1. The fraction of sp³-hybridized carbons (Fsp3) is 0.909. The van der Waals surface area contributed by atoms with Crippen molar-refractivity contribution in [2.24, 2.45) is 11.3 Å². The quantitative estimate of drug-likeness (QED) is 0.678. The molecule has 0 unspecified atom stereocenters. The summed E-state index contributed by atoms with van der Waals surface area (Å²) < 4.78 is 0. The van der Waals surface area contributed by atoms with Gasteiger partial charge in [-0.3, -0.25) is 4.79 Å². The van der Waals surface area contributed by atoms with Crippen molar-refractivity contribution in [3.63, 3.8) is 0 Å². The summed E-state index contributed by atoms with van der Waals surface area (Å²) >= 11 is 0. The maximum atomic E-state index is 11.9. The lowest BCUT2D eigenvalue weighted by Gasteiger charge is -2.29. The molecule has 0 amide bonds. The van der Waals surface area contributed by atoms with E-state index in [-0.39, 0.29) is 17.4 Å². The van der Waals surface area contributed by atoms with Gasteiger partial charge in [0.1, 0.15) is 5.78 Å². The molecule has 1 aliphatic rings. The summed E-state index contributed by atoms with van der Waals surface area (Å²) in [6.07, 6.45) is 3.26. The molecule has 0 aromatic heterocycles. The van der Waals surface area contributed by atoms with Gasteiger partial charge in [-0.15, -0.1) is 0 Å². The number of Topliss-reactive ketones (excluding diaryl/α,β-unsaturated/α-hetero) is 1. The van der Waals surface area contributed by atoms with Crippen molar-refractivity contribution in [1.29, 1.82) is 0 Å². The van der Waals surface area contributed by atoms with Crippen LogP contribution in [0, 0.1) is 11.3 Å². The van der Waals surface area contributed by atoms with E-state index < -0.39 is 0 Å². The maximum Gasteiger partial charge on any atom is 0.141 e. The number of rotatable bonds is 1. The molecule has 13 heavy (non-hydrogen) atoms. The zero-order valence-corrected chi connectivity index (χ0v) is 8.84. The molecule has 0 aliphatic heterocycles. The Kier molecular flexibility index (Phi) is 3.12. The highest BCUT2D eigenvalue weighted by Crippen LogP contribution is 2.31. The zero-order chi connectivity index (χ0) is 10.1. The normalized spacial score (nSPS) is 30.2. The summed E-state index contributed by atoms with van der Waals surface area (Å²) in [4.78, 5) is 11.9. The third kappa shape index (κ3) is 2.80. The second kappa shape index (κ2) is 3.79. The molecule has 1 N–H and O–H groups in total. The minimum atomic E-state index is -0.248. The fourth-order valence-corrected chi connectivity index (χ4v) is 2.01. The first kappa shape index (κ1) is 10.7. The van der Waals surface area contributed by atoms with Gasteiger partial charge in [0.2, 0.25) is 0 Å². The highest BCUT2D eigenvalue weighted by Gasteiger charge is 2.32. The van der Waals surface area contributed by atoms with Crippen LogP contribution < -0.4 is 0 Å². The number of hydrogen-bond donors (Lipinski definition) is 1. The second-order valence-corrected chi connectivity index (χ2v) is 5.13. The summed E-state index contributed by atoms with van der Waals surface area (Å²) in [5, 5.41) is 9.44. The molecule has 0 heterocycles. The minimum Gasteiger partial charge on any atom is -0.393 e. The summed E-state index contributed by atoms with van der Waals surface area (Å²) in [6, 6.07) is 0. The van der Waals surface area contributed by atoms with Crippen molar-refractivity contribution >= 4 is 5.78 Å². The van der Waals surface area contributed by atoms with E-state index in [0.717, 1.165) is 19.3 Å². The minimum absolute atomic E-state index is 0.101. The SMILES string of the molecule is CC(C)(C)C(=O)[C@@H]1CCC[C@H](O)C1. The average Bonchev–Trinajstić information content (AvgIpc) is 2.01. The first-order valence-electron chi connectivity index (χ1n) is 5.13. The first-order chi connectivity index (χ1) is 5.91. The number of ketones is 1. The summed E-state index contributed by atoms with van der Waals surface area (Å²) in [5.74, 6) is 0.412. The van der Waals surface area contributed by atoms with Gasteiger partial charge in [-0.05, 0) is 19.3 Å². The predicted octanol–water partition coefficient (Wildman–Crippen LogP) is 2.15. The summed E-state index contributed by atoms with van der Waals surface area (Å²) in [5.41, 5.74) is -0.248. The number of hydrogen-bond acceptors (Lipinski definition) is 2. The zero-order valence-electron chi connectivity index (χ0n) is 8.84. The molecule has 1 rings (SSSR count). The van der Waals surface area contributed by atoms with Gasteiger partial charge in [-0.2, -0.15) is 0 Å². The van der Waals surface area contributed by atoms with Crippen molar-refractivity contribution < 1.29 is 9.90 Å². The molecule has 2 atom stereocenters. The van der Waals surface area contributed by atoms with Crippen LogP contribution in [-0.4, -0.2) is 17.0 Å². The van der Waals surface area contributed by atoms with Crippen molar-refractivity contribution in [3.8, 4) is 0 Å². The van der Waals surface area contributed by atoms with Crippen LogP contribution in [0.4, 0.5) is 0 Å². The van der Waals surface area contributed by atoms with Crippen molar-refractivity contribution in [2.75, 3.05) is 0 Å². The van der Waals surface area contributed by atoms with Crippen molar-refractivity contribution in [2.45, 2.75) is 52.6 Å². The second-order valence-electron chi connectivity index (χ2n) is 5.13. The molecule has 0 saturated heterocycles. The van der Waals surface area contributed by atoms with E-state index in [1.165, 1.54) is 0 Å². The third-order valence-electron chi connectivity index (χ3n) is 2.76. The Labute approximate surface area is 80.3 Å². The van der Waals surface area contributed by atoms with Gasteiger partial charge in [0, 0.05) is 11.3 Å². The first-order valence-corrected chi connectivity index (χ1v) is 5.13. The van der Waals surface area contributed by atoms with E-state index in [1.54, 1.807) is 0 Å². The Hall–Kier alpha value is -0.370. The molecule has 0 bridgehead atoms. The van der Waals surface area contributed by atoms with Gasteiger partial charge in [0.25, 0.3) is 0 Å². The Balaban J connectivity index is 2.56. The van der Waals surface area contributed by atoms with Crippen LogP contribution in [-0.2, 0) is 4.79 Å². The van der Waals surface area contributed by atoms with Crippen LogP contribution in [0.3, 0.4) is 0 Å². The van der Waals surface area contributed by atoms with Gasteiger partial charge < -0.3 is 5.11 Å². The van der Waals surface area contributed by atoms with E-state index in [0.29, 0.717) is 12.2 Å². The number of aliphatic hydroxyl groups excluding tert-OH is 1. The Bertz CT molecular complexity index is 191. The lowest BCUT2D eigenvalue weighted by atomic mass is 9.75. The molecule has 0 spiro atoms. The third-order valence-corrected chi connectivity index (χ3v) is 2.76. The topological polar surface area (TPSA) is 37.3 Å². The Morgan fingerprint density at radius 1 is 1.31 bits per heavy atom. The number of carbonyl (C=O) groups excluding carboxylic acids is 1. The van der Waals surface area contributed by atoms with Gasteiger partial charge in [0.05, 0.1) is 6.10 Å². The molecular weight excluding hydrogens is 164 g/mol. The van der Waals surface area contributed by atoms with Crippen molar-refractivity contribution in [3.05, 3.63) is 0 Å². The molecular formula is C11H20O2. The van der Waals surface area contributed by atoms with Crippen LogP contribution in [0.1, 0.15) is 46.5 Å². The Morgan fingerprint density at radius 3 is 2.38 bits per heavy atom. The molecule has 1 aliphatic carbocycles. The average molecular weight is 184 g/mol. The van der Waals surface area contributed by atoms with Gasteiger partial charge in [-0.1, -0.05) is 27.2 Å². The van der Waals surface area contributed by atoms with Crippen LogP contribution >= 0.6 is 0 Å². The van der Waals surface area contributed by atoms with Crippen LogP contribution in [0.15, 0.2) is 0 Å². The fourth-order valence-electron chi connectivity index (χ4n) is 2.01. The van der Waals surface area contributed by atoms with Gasteiger partial charge in [-0.25, -0.2) is 0 Å². The van der Waals surface area contributed by atoms with Gasteiger partial charge in [0.15, 0.2) is 0 Å². The molecule has 0 aromatic rings.